The van der Waals surface area contributed by atoms with Gasteiger partial charge in [-0.2, -0.15) is 0 Å². The number of fused-ring (bicyclic) bond motifs is 1. The molecule has 2 heteroatoms. The van der Waals surface area contributed by atoms with Crippen molar-refractivity contribution in [2.75, 3.05) is 6.61 Å². The Hall–Kier alpha value is -1.67. The van der Waals surface area contributed by atoms with E-state index in [4.69, 9.17) is 4.74 Å². The van der Waals surface area contributed by atoms with Gasteiger partial charge in [-0.1, -0.05) is 36.4 Å². The van der Waals surface area contributed by atoms with Gasteiger partial charge >= 0.3 is 0 Å². The normalized spacial score (nSPS) is 22.8. The first-order chi connectivity index (χ1) is 9.16. The average molecular weight is 254 g/mol. The zero-order valence-corrected chi connectivity index (χ0v) is 11.3. The first-order valence-electron chi connectivity index (χ1n) is 6.81. The number of hydrogen-bond acceptors (Lipinski definition) is 2. The second-order valence-corrected chi connectivity index (χ2v) is 5.42. The van der Waals surface area contributed by atoms with Crippen LogP contribution in [0.1, 0.15) is 29.3 Å². The van der Waals surface area contributed by atoms with Crippen molar-refractivity contribution in [3.63, 3.8) is 0 Å². The molecule has 2 aromatic carbocycles. The van der Waals surface area contributed by atoms with Gasteiger partial charge in [0.1, 0.15) is 0 Å². The monoisotopic (exact) mass is 254 g/mol. The van der Waals surface area contributed by atoms with Crippen molar-refractivity contribution in [2.24, 2.45) is 5.92 Å². The molecule has 98 valence electrons. The topological polar surface area (TPSA) is 26.3 Å². The van der Waals surface area contributed by atoms with Crippen LogP contribution in [-0.4, -0.2) is 18.5 Å². The Bertz CT molecular complexity index is 630. The van der Waals surface area contributed by atoms with Crippen LogP contribution in [0.25, 0.3) is 10.8 Å². The minimum atomic E-state index is 0.0149. The van der Waals surface area contributed by atoms with E-state index in [1.54, 1.807) is 0 Å². The number of benzene rings is 2. The maximum Gasteiger partial charge on any atom is 0.168 e. The molecular weight excluding hydrogens is 236 g/mol. The van der Waals surface area contributed by atoms with Crippen LogP contribution in [0, 0.1) is 12.8 Å². The van der Waals surface area contributed by atoms with Crippen LogP contribution < -0.4 is 0 Å². The van der Waals surface area contributed by atoms with E-state index in [-0.39, 0.29) is 17.8 Å². The summed E-state index contributed by atoms with van der Waals surface area (Å²) in [4.78, 5) is 12.6. The summed E-state index contributed by atoms with van der Waals surface area (Å²) in [5.41, 5.74) is 2.05. The van der Waals surface area contributed by atoms with Crippen molar-refractivity contribution in [1.82, 2.24) is 0 Å². The molecule has 2 unspecified atom stereocenters. The zero-order chi connectivity index (χ0) is 13.4. The summed E-state index contributed by atoms with van der Waals surface area (Å²) in [6.07, 6.45) is 1.03. The second kappa shape index (κ2) is 4.78. The lowest BCUT2D eigenvalue weighted by molar-refractivity contribution is 0.0879. The third-order valence-corrected chi connectivity index (χ3v) is 3.98. The molecule has 2 nitrogen and oxygen atoms in total. The molecular formula is C17H18O2. The van der Waals surface area contributed by atoms with Gasteiger partial charge < -0.3 is 4.74 Å². The van der Waals surface area contributed by atoms with E-state index in [1.165, 1.54) is 10.9 Å². The first kappa shape index (κ1) is 12.4. The van der Waals surface area contributed by atoms with E-state index in [9.17, 15) is 4.79 Å². The predicted octanol–water partition coefficient (Wildman–Crippen LogP) is 3.76. The molecule has 1 aliphatic heterocycles. The van der Waals surface area contributed by atoms with Crippen molar-refractivity contribution >= 4 is 16.6 Å². The molecule has 0 N–H and O–H groups in total. The van der Waals surface area contributed by atoms with Crippen LogP contribution in [0.2, 0.25) is 0 Å². The van der Waals surface area contributed by atoms with E-state index >= 15 is 0 Å². The van der Waals surface area contributed by atoms with Gasteiger partial charge in [0.15, 0.2) is 5.78 Å². The van der Waals surface area contributed by atoms with Crippen LogP contribution in [0.4, 0.5) is 0 Å². The van der Waals surface area contributed by atoms with Crippen molar-refractivity contribution in [3.05, 3.63) is 47.5 Å². The van der Waals surface area contributed by atoms with Crippen molar-refractivity contribution < 1.29 is 9.53 Å². The van der Waals surface area contributed by atoms with Crippen LogP contribution in [0.15, 0.2) is 36.4 Å². The highest BCUT2D eigenvalue weighted by molar-refractivity contribution is 6.09. The quantitative estimate of drug-likeness (QED) is 0.763. The van der Waals surface area contributed by atoms with Crippen LogP contribution >= 0.6 is 0 Å². The highest BCUT2D eigenvalue weighted by atomic mass is 16.5. The molecule has 2 atom stereocenters. The summed E-state index contributed by atoms with van der Waals surface area (Å²) in [5, 5.41) is 2.23. The van der Waals surface area contributed by atoms with E-state index in [2.05, 4.69) is 13.0 Å². The molecule has 0 aromatic heterocycles. The van der Waals surface area contributed by atoms with Gasteiger partial charge in [-0.3, -0.25) is 4.79 Å². The fraction of sp³-hybridized carbons (Fsp3) is 0.353. The number of carbonyl (C=O) groups is 1. The summed E-state index contributed by atoms with van der Waals surface area (Å²) in [7, 11) is 0. The second-order valence-electron chi connectivity index (χ2n) is 5.42. The third kappa shape index (κ3) is 2.17. The van der Waals surface area contributed by atoms with Crippen molar-refractivity contribution in [1.29, 1.82) is 0 Å². The number of ketones is 1. The lowest BCUT2D eigenvalue weighted by Gasteiger charge is -2.11. The Labute approximate surface area is 113 Å². The summed E-state index contributed by atoms with van der Waals surface area (Å²) in [5.74, 6) is 0.238. The molecule has 3 rings (SSSR count). The molecule has 0 aliphatic carbocycles. The maximum absolute atomic E-state index is 12.6. The van der Waals surface area contributed by atoms with Gasteiger partial charge in [-0.25, -0.2) is 0 Å². The minimum absolute atomic E-state index is 0.0149. The average Bonchev–Trinajstić information content (AvgIpc) is 2.86. The number of Topliss-reactive ketones (excluding diaryl/α,β-unsaturated/α-hetero) is 1. The molecule has 0 radical (unpaired) electrons. The Balaban J connectivity index is 2.06. The number of ether oxygens (including phenoxy) is 1. The molecule has 0 saturated carbocycles. The van der Waals surface area contributed by atoms with Gasteiger partial charge in [0.25, 0.3) is 0 Å². The van der Waals surface area contributed by atoms with Crippen LogP contribution in [0.5, 0.6) is 0 Å². The van der Waals surface area contributed by atoms with Crippen molar-refractivity contribution in [2.45, 2.75) is 26.4 Å². The van der Waals surface area contributed by atoms with Gasteiger partial charge in [0, 0.05) is 11.5 Å². The predicted molar refractivity (Wildman–Crippen MR) is 76.5 cm³/mol. The molecule has 19 heavy (non-hydrogen) atoms. The van der Waals surface area contributed by atoms with Crippen LogP contribution in [-0.2, 0) is 4.74 Å². The maximum atomic E-state index is 12.6. The molecule has 0 amide bonds. The molecule has 0 spiro atoms. The fourth-order valence-corrected chi connectivity index (χ4v) is 2.88. The van der Waals surface area contributed by atoms with Gasteiger partial charge in [0.2, 0.25) is 0 Å². The highest BCUT2D eigenvalue weighted by Gasteiger charge is 2.29. The zero-order valence-electron chi connectivity index (χ0n) is 11.3. The van der Waals surface area contributed by atoms with Crippen LogP contribution in [0.3, 0.4) is 0 Å². The highest BCUT2D eigenvalue weighted by Crippen LogP contribution is 2.28. The van der Waals surface area contributed by atoms with E-state index in [0.717, 1.165) is 17.4 Å². The summed E-state index contributed by atoms with van der Waals surface area (Å²) < 4.78 is 5.52. The first-order valence-corrected chi connectivity index (χ1v) is 6.81. The fourth-order valence-electron chi connectivity index (χ4n) is 2.88. The number of hydrogen-bond donors (Lipinski definition) is 0. The largest absolute Gasteiger partial charge is 0.378 e. The van der Waals surface area contributed by atoms with Crippen molar-refractivity contribution in [3.8, 4) is 0 Å². The van der Waals surface area contributed by atoms with E-state index < -0.39 is 0 Å². The standard InChI is InChI=1S/C17H18O2/c1-11-7-8-16(15-6-4-3-5-14(11)15)17(18)13-9-12(2)19-10-13/h3-8,12-13H,9-10H2,1-2H3. The molecule has 1 saturated heterocycles. The molecule has 2 aromatic rings. The molecule has 1 fully saturated rings. The minimum Gasteiger partial charge on any atom is -0.378 e. The summed E-state index contributed by atoms with van der Waals surface area (Å²) in [6.45, 7) is 4.67. The Morgan fingerprint density at radius 2 is 1.89 bits per heavy atom. The molecule has 1 aliphatic rings. The van der Waals surface area contributed by atoms with Gasteiger partial charge in [0.05, 0.1) is 12.7 Å². The molecule has 0 bridgehead atoms. The SMILES string of the molecule is Cc1ccc(C(=O)C2COC(C)C2)c2ccccc12. The van der Waals surface area contributed by atoms with E-state index in [1.807, 2.05) is 37.3 Å². The lowest BCUT2D eigenvalue weighted by Crippen LogP contribution is -2.15. The third-order valence-electron chi connectivity index (χ3n) is 3.98. The number of aryl methyl sites for hydroxylation is 1. The Morgan fingerprint density at radius 1 is 1.16 bits per heavy atom. The Kier molecular flexibility index (Phi) is 3.11. The smallest absolute Gasteiger partial charge is 0.168 e. The van der Waals surface area contributed by atoms with Gasteiger partial charge in [-0.15, -0.1) is 0 Å². The number of carbonyl (C=O) groups excluding carboxylic acids is 1. The number of rotatable bonds is 2. The van der Waals surface area contributed by atoms with E-state index in [0.29, 0.717) is 6.61 Å². The Morgan fingerprint density at radius 3 is 2.58 bits per heavy atom. The van der Waals surface area contributed by atoms with Gasteiger partial charge in [-0.05, 0) is 36.6 Å². The summed E-state index contributed by atoms with van der Waals surface area (Å²) >= 11 is 0. The molecule has 1 heterocycles. The summed E-state index contributed by atoms with van der Waals surface area (Å²) in [6, 6.07) is 12.1. The lowest BCUT2D eigenvalue weighted by atomic mass is 9.90.